The predicted molar refractivity (Wildman–Crippen MR) is 53.3 cm³/mol. The molecule has 0 amide bonds. The number of phenolic OH excluding ortho intramolecular Hbond substituents is 1. The second kappa shape index (κ2) is 4.07. The number of hydrogen-bond donors (Lipinski definition) is 2. The van der Waals surface area contributed by atoms with Crippen molar-refractivity contribution in [2.45, 2.75) is 13.3 Å². The summed E-state index contributed by atoms with van der Waals surface area (Å²) in [6.07, 6.45) is 0.480. The third-order valence-corrected chi connectivity index (χ3v) is 2.58. The molecule has 0 heterocycles. The van der Waals surface area contributed by atoms with Crippen molar-refractivity contribution in [1.82, 2.24) is 0 Å². The third-order valence-electron chi connectivity index (χ3n) is 1.97. The van der Waals surface area contributed by atoms with Gasteiger partial charge in [0.25, 0.3) is 0 Å². The average molecular weight is 248 g/mol. The highest BCUT2D eigenvalue weighted by Gasteiger charge is 2.12. The quantitative estimate of drug-likeness (QED) is 0.841. The van der Waals surface area contributed by atoms with Crippen molar-refractivity contribution >= 4 is 15.9 Å². The predicted octanol–water partition coefficient (Wildman–Crippen LogP) is 2.10. The lowest BCUT2D eigenvalue weighted by Gasteiger charge is -2.09. The molecule has 1 aromatic rings. The summed E-state index contributed by atoms with van der Waals surface area (Å²) in [5, 5.41) is 9.56. The Hall–Kier alpha value is -0.610. The SMILES string of the molecule is Cc1c(F)cc(Br)c(O)c1CCN. The summed E-state index contributed by atoms with van der Waals surface area (Å²) in [5.74, 6) is -0.238. The highest BCUT2D eigenvalue weighted by molar-refractivity contribution is 9.10. The van der Waals surface area contributed by atoms with Gasteiger partial charge in [0, 0.05) is 5.56 Å². The van der Waals surface area contributed by atoms with E-state index < -0.39 is 0 Å². The molecular weight excluding hydrogens is 237 g/mol. The Kier molecular flexibility index (Phi) is 3.27. The molecule has 0 atom stereocenters. The zero-order valence-electron chi connectivity index (χ0n) is 7.27. The van der Waals surface area contributed by atoms with E-state index in [4.69, 9.17) is 5.73 Å². The molecule has 1 rings (SSSR count). The molecule has 2 nitrogen and oxygen atoms in total. The monoisotopic (exact) mass is 247 g/mol. The largest absolute Gasteiger partial charge is 0.506 e. The molecule has 0 aromatic heterocycles. The molecule has 1 aromatic carbocycles. The molecule has 0 fully saturated rings. The van der Waals surface area contributed by atoms with Gasteiger partial charge in [-0.25, -0.2) is 4.39 Å². The molecule has 3 N–H and O–H groups in total. The van der Waals surface area contributed by atoms with Crippen LogP contribution in [0.1, 0.15) is 11.1 Å². The Morgan fingerprint density at radius 3 is 2.77 bits per heavy atom. The molecule has 0 radical (unpaired) electrons. The molecule has 4 heteroatoms. The zero-order valence-corrected chi connectivity index (χ0v) is 8.86. The minimum Gasteiger partial charge on any atom is -0.506 e. The lowest BCUT2D eigenvalue weighted by molar-refractivity contribution is 0.460. The van der Waals surface area contributed by atoms with Crippen LogP contribution in [0.2, 0.25) is 0 Å². The van der Waals surface area contributed by atoms with E-state index in [1.54, 1.807) is 6.92 Å². The first kappa shape index (κ1) is 10.5. The van der Waals surface area contributed by atoms with Crippen molar-refractivity contribution in [2.24, 2.45) is 5.73 Å². The molecule has 72 valence electrons. The topological polar surface area (TPSA) is 46.2 Å². The first-order chi connectivity index (χ1) is 6.07. The number of phenols is 1. The molecule has 0 aliphatic carbocycles. The summed E-state index contributed by atoms with van der Waals surface area (Å²) in [4.78, 5) is 0. The van der Waals surface area contributed by atoms with Crippen LogP contribution >= 0.6 is 15.9 Å². The second-order valence-corrected chi connectivity index (χ2v) is 3.69. The maximum atomic E-state index is 13.2. The minimum absolute atomic E-state index is 0.0874. The van der Waals surface area contributed by atoms with Crippen LogP contribution in [0.4, 0.5) is 4.39 Å². The lowest BCUT2D eigenvalue weighted by Crippen LogP contribution is -2.05. The molecule has 0 spiro atoms. The van der Waals surface area contributed by atoms with Crippen LogP contribution < -0.4 is 5.73 Å². The van der Waals surface area contributed by atoms with Crippen molar-refractivity contribution < 1.29 is 9.50 Å². The van der Waals surface area contributed by atoms with Crippen molar-refractivity contribution in [2.75, 3.05) is 6.54 Å². The fourth-order valence-electron chi connectivity index (χ4n) is 1.20. The summed E-state index contributed by atoms with van der Waals surface area (Å²) in [7, 11) is 0. The van der Waals surface area contributed by atoms with E-state index in [0.29, 0.717) is 28.6 Å². The van der Waals surface area contributed by atoms with E-state index in [-0.39, 0.29) is 11.6 Å². The Bertz CT molecular complexity index is 302. The summed E-state index contributed by atoms with van der Waals surface area (Å²) in [6, 6.07) is 1.25. The molecule has 0 unspecified atom stereocenters. The smallest absolute Gasteiger partial charge is 0.133 e. The van der Waals surface area contributed by atoms with Gasteiger partial charge < -0.3 is 10.8 Å². The van der Waals surface area contributed by atoms with Gasteiger partial charge in [-0.15, -0.1) is 0 Å². The van der Waals surface area contributed by atoms with Gasteiger partial charge in [-0.05, 0) is 47.4 Å². The van der Waals surface area contributed by atoms with Gasteiger partial charge in [-0.2, -0.15) is 0 Å². The number of hydrogen-bond acceptors (Lipinski definition) is 2. The number of halogens is 2. The first-order valence-corrected chi connectivity index (χ1v) is 4.73. The van der Waals surface area contributed by atoms with Crippen LogP contribution in [0.5, 0.6) is 5.75 Å². The fraction of sp³-hybridized carbons (Fsp3) is 0.333. The van der Waals surface area contributed by atoms with Gasteiger partial charge in [-0.3, -0.25) is 0 Å². The summed E-state index contributed by atoms with van der Waals surface area (Å²) in [5.41, 5.74) is 6.39. The second-order valence-electron chi connectivity index (χ2n) is 2.83. The molecule has 0 saturated carbocycles. The number of aromatic hydroxyl groups is 1. The van der Waals surface area contributed by atoms with Crippen molar-refractivity contribution in [3.63, 3.8) is 0 Å². The van der Waals surface area contributed by atoms with E-state index in [9.17, 15) is 9.50 Å². The molecule has 0 bridgehead atoms. The summed E-state index contributed by atoms with van der Waals surface area (Å²) in [6.45, 7) is 2.02. The Balaban J connectivity index is 3.28. The summed E-state index contributed by atoms with van der Waals surface area (Å²) < 4.78 is 13.5. The van der Waals surface area contributed by atoms with Crippen LogP contribution in [0.15, 0.2) is 10.5 Å². The van der Waals surface area contributed by atoms with Gasteiger partial charge in [-0.1, -0.05) is 0 Å². The van der Waals surface area contributed by atoms with Crippen molar-refractivity contribution in [1.29, 1.82) is 0 Å². The Labute approximate surface area is 84.7 Å². The molecule has 0 aliphatic rings. The van der Waals surface area contributed by atoms with Gasteiger partial charge in [0.15, 0.2) is 0 Å². The van der Waals surface area contributed by atoms with Gasteiger partial charge in [0.05, 0.1) is 4.47 Å². The lowest BCUT2D eigenvalue weighted by atomic mass is 10.0. The van der Waals surface area contributed by atoms with Crippen LogP contribution in [0, 0.1) is 12.7 Å². The number of benzene rings is 1. The number of rotatable bonds is 2. The Morgan fingerprint density at radius 2 is 2.23 bits per heavy atom. The van der Waals surface area contributed by atoms with Gasteiger partial charge in [0.1, 0.15) is 11.6 Å². The van der Waals surface area contributed by atoms with Crippen LogP contribution in [-0.4, -0.2) is 11.7 Å². The summed E-state index contributed by atoms with van der Waals surface area (Å²) >= 11 is 3.07. The van der Waals surface area contributed by atoms with E-state index >= 15 is 0 Å². The van der Waals surface area contributed by atoms with Gasteiger partial charge in [0.2, 0.25) is 0 Å². The van der Waals surface area contributed by atoms with E-state index in [0.717, 1.165) is 0 Å². The van der Waals surface area contributed by atoms with Gasteiger partial charge >= 0.3 is 0 Å². The van der Waals surface area contributed by atoms with Crippen molar-refractivity contribution in [3.8, 4) is 5.75 Å². The highest BCUT2D eigenvalue weighted by atomic mass is 79.9. The molecule has 13 heavy (non-hydrogen) atoms. The first-order valence-electron chi connectivity index (χ1n) is 3.94. The van der Waals surface area contributed by atoms with Crippen LogP contribution in [0.3, 0.4) is 0 Å². The maximum Gasteiger partial charge on any atom is 0.133 e. The normalized spacial score (nSPS) is 10.5. The van der Waals surface area contributed by atoms with Crippen LogP contribution in [-0.2, 0) is 6.42 Å². The highest BCUT2D eigenvalue weighted by Crippen LogP contribution is 2.32. The maximum absolute atomic E-state index is 13.2. The van der Waals surface area contributed by atoms with E-state index in [1.165, 1.54) is 6.07 Å². The standard InChI is InChI=1S/C9H11BrFNO/c1-5-6(2-3-12)9(13)7(10)4-8(5)11/h4,13H,2-3,12H2,1H3. The number of nitrogens with two attached hydrogens (primary N) is 1. The fourth-order valence-corrected chi connectivity index (χ4v) is 1.64. The zero-order chi connectivity index (χ0) is 10.0. The van der Waals surface area contributed by atoms with Crippen molar-refractivity contribution in [3.05, 3.63) is 27.5 Å². The third kappa shape index (κ3) is 2.00. The van der Waals surface area contributed by atoms with E-state index in [1.807, 2.05) is 0 Å². The van der Waals surface area contributed by atoms with E-state index in [2.05, 4.69) is 15.9 Å². The Morgan fingerprint density at radius 1 is 1.62 bits per heavy atom. The van der Waals surface area contributed by atoms with Crippen LogP contribution in [0.25, 0.3) is 0 Å². The molecule has 0 saturated heterocycles. The minimum atomic E-state index is -0.326. The molecule has 0 aliphatic heterocycles. The average Bonchev–Trinajstić information content (AvgIpc) is 2.09. The molecular formula is C9H11BrFNO.